The summed E-state index contributed by atoms with van der Waals surface area (Å²) in [6, 6.07) is 28.0. The SMILES string of the molecule is CN(Cc1cccc(-c2ccc(Nc3ccccc3C(=O)O)cc2)c1)C(=O)c1ccc2nccnc2c1. The van der Waals surface area contributed by atoms with Crippen molar-refractivity contribution in [3.8, 4) is 11.1 Å². The second kappa shape index (κ2) is 10.3. The molecule has 7 nitrogen and oxygen atoms in total. The lowest BCUT2D eigenvalue weighted by Gasteiger charge is -2.18. The first-order valence-electron chi connectivity index (χ1n) is 11.7. The number of anilines is 2. The van der Waals surface area contributed by atoms with Gasteiger partial charge in [0, 0.05) is 37.2 Å². The molecule has 0 radical (unpaired) electrons. The van der Waals surface area contributed by atoms with Crippen LogP contribution in [0, 0.1) is 0 Å². The van der Waals surface area contributed by atoms with Gasteiger partial charge in [-0.1, -0.05) is 42.5 Å². The van der Waals surface area contributed by atoms with Crippen LogP contribution in [0.4, 0.5) is 11.4 Å². The Morgan fingerprint density at radius 1 is 0.811 bits per heavy atom. The Morgan fingerprint density at radius 3 is 2.35 bits per heavy atom. The van der Waals surface area contributed by atoms with Gasteiger partial charge in [0.1, 0.15) is 0 Å². The van der Waals surface area contributed by atoms with Crippen molar-refractivity contribution in [1.82, 2.24) is 14.9 Å². The van der Waals surface area contributed by atoms with E-state index >= 15 is 0 Å². The van der Waals surface area contributed by atoms with Gasteiger partial charge >= 0.3 is 5.97 Å². The maximum atomic E-state index is 13.0. The molecule has 37 heavy (non-hydrogen) atoms. The number of benzene rings is 4. The Bertz CT molecular complexity index is 1600. The molecule has 5 rings (SSSR count). The highest BCUT2D eigenvalue weighted by molar-refractivity contribution is 5.97. The minimum absolute atomic E-state index is 0.0879. The van der Waals surface area contributed by atoms with Crippen molar-refractivity contribution in [1.29, 1.82) is 0 Å². The van der Waals surface area contributed by atoms with E-state index in [2.05, 4.69) is 21.4 Å². The van der Waals surface area contributed by atoms with Crippen LogP contribution in [0.15, 0.2) is 103 Å². The highest BCUT2D eigenvalue weighted by Crippen LogP contribution is 2.26. The molecule has 0 aliphatic rings. The average molecular weight is 489 g/mol. The quantitative estimate of drug-likeness (QED) is 0.291. The van der Waals surface area contributed by atoms with E-state index in [4.69, 9.17) is 0 Å². The Kier molecular flexibility index (Phi) is 6.59. The number of hydrogen-bond donors (Lipinski definition) is 2. The van der Waals surface area contributed by atoms with E-state index < -0.39 is 5.97 Å². The second-order valence-electron chi connectivity index (χ2n) is 8.67. The Labute approximate surface area is 214 Å². The average Bonchev–Trinajstić information content (AvgIpc) is 2.93. The van der Waals surface area contributed by atoms with E-state index in [9.17, 15) is 14.7 Å². The zero-order chi connectivity index (χ0) is 25.8. The number of para-hydroxylation sites is 1. The molecule has 0 aliphatic heterocycles. The molecule has 0 atom stereocenters. The predicted molar refractivity (Wildman–Crippen MR) is 144 cm³/mol. The summed E-state index contributed by atoms with van der Waals surface area (Å²) in [4.78, 5) is 34.7. The zero-order valence-corrected chi connectivity index (χ0v) is 20.1. The largest absolute Gasteiger partial charge is 0.478 e. The van der Waals surface area contributed by atoms with Crippen molar-refractivity contribution >= 4 is 34.3 Å². The third kappa shape index (κ3) is 5.31. The molecule has 2 N–H and O–H groups in total. The smallest absolute Gasteiger partial charge is 0.337 e. The van der Waals surface area contributed by atoms with Crippen molar-refractivity contribution in [2.45, 2.75) is 6.54 Å². The third-order valence-corrected chi connectivity index (χ3v) is 6.06. The normalized spacial score (nSPS) is 10.7. The topological polar surface area (TPSA) is 95.4 Å². The fraction of sp³-hybridized carbons (Fsp3) is 0.0667. The highest BCUT2D eigenvalue weighted by Gasteiger charge is 2.14. The number of carbonyl (C=O) groups is 2. The summed E-state index contributed by atoms with van der Waals surface area (Å²) < 4.78 is 0. The van der Waals surface area contributed by atoms with Crippen LogP contribution in [0.5, 0.6) is 0 Å². The molecule has 7 heteroatoms. The minimum atomic E-state index is -0.978. The summed E-state index contributed by atoms with van der Waals surface area (Å²) in [5.74, 6) is -1.07. The maximum Gasteiger partial charge on any atom is 0.337 e. The van der Waals surface area contributed by atoms with E-state index in [-0.39, 0.29) is 11.5 Å². The molecule has 1 amide bonds. The second-order valence-corrected chi connectivity index (χ2v) is 8.67. The molecular weight excluding hydrogens is 464 g/mol. The molecule has 182 valence electrons. The lowest BCUT2D eigenvalue weighted by molar-refractivity contribution is 0.0697. The first-order valence-corrected chi connectivity index (χ1v) is 11.7. The van der Waals surface area contributed by atoms with Gasteiger partial charge in [0.05, 0.1) is 22.3 Å². The molecule has 0 fully saturated rings. The monoisotopic (exact) mass is 488 g/mol. The molecule has 0 spiro atoms. The van der Waals surface area contributed by atoms with E-state index in [1.807, 2.05) is 48.5 Å². The Morgan fingerprint density at radius 2 is 1.57 bits per heavy atom. The number of carbonyl (C=O) groups excluding carboxylic acids is 1. The molecule has 0 saturated heterocycles. The van der Waals surface area contributed by atoms with Crippen LogP contribution in [0.25, 0.3) is 22.2 Å². The molecule has 4 aromatic carbocycles. The summed E-state index contributed by atoms with van der Waals surface area (Å²) in [5.41, 5.74) is 6.60. The predicted octanol–water partition coefficient (Wildman–Crippen LogP) is 6.01. The van der Waals surface area contributed by atoms with Gasteiger partial charge < -0.3 is 15.3 Å². The van der Waals surface area contributed by atoms with Crippen LogP contribution < -0.4 is 5.32 Å². The van der Waals surface area contributed by atoms with Gasteiger partial charge in [0.15, 0.2) is 0 Å². The maximum absolute atomic E-state index is 13.0. The molecule has 5 aromatic rings. The Hall–Kier alpha value is -5.04. The first-order chi connectivity index (χ1) is 18.0. The van der Waals surface area contributed by atoms with E-state index in [0.717, 1.165) is 27.9 Å². The molecule has 0 unspecified atom stereocenters. The van der Waals surface area contributed by atoms with E-state index in [1.54, 1.807) is 60.7 Å². The van der Waals surface area contributed by atoms with Crippen LogP contribution >= 0.6 is 0 Å². The van der Waals surface area contributed by atoms with Crippen molar-refractivity contribution in [3.63, 3.8) is 0 Å². The number of nitrogens with one attached hydrogen (secondary N) is 1. The number of carboxylic acid groups (broad SMARTS) is 1. The number of aromatic carboxylic acids is 1. The van der Waals surface area contributed by atoms with Crippen LogP contribution in [0.3, 0.4) is 0 Å². The van der Waals surface area contributed by atoms with Gasteiger partial charge in [-0.2, -0.15) is 0 Å². The summed E-state index contributed by atoms with van der Waals surface area (Å²) >= 11 is 0. The highest BCUT2D eigenvalue weighted by atomic mass is 16.4. The van der Waals surface area contributed by atoms with Gasteiger partial charge in [-0.3, -0.25) is 14.8 Å². The number of amides is 1. The van der Waals surface area contributed by atoms with Gasteiger partial charge in [-0.15, -0.1) is 0 Å². The summed E-state index contributed by atoms with van der Waals surface area (Å²) in [6.07, 6.45) is 3.24. The number of aromatic nitrogens is 2. The van der Waals surface area contributed by atoms with Gasteiger partial charge in [-0.05, 0) is 65.2 Å². The summed E-state index contributed by atoms with van der Waals surface area (Å²) in [6.45, 7) is 0.455. The van der Waals surface area contributed by atoms with Crippen LogP contribution in [0.1, 0.15) is 26.3 Å². The van der Waals surface area contributed by atoms with Crippen molar-refractivity contribution < 1.29 is 14.7 Å². The molecule has 0 aliphatic carbocycles. The van der Waals surface area contributed by atoms with Crippen molar-refractivity contribution in [2.24, 2.45) is 0 Å². The number of rotatable bonds is 7. The third-order valence-electron chi connectivity index (χ3n) is 6.06. The molecule has 1 aromatic heterocycles. The lowest BCUT2D eigenvalue weighted by atomic mass is 10.0. The van der Waals surface area contributed by atoms with Gasteiger partial charge in [0.2, 0.25) is 0 Å². The van der Waals surface area contributed by atoms with Crippen molar-refractivity contribution in [2.75, 3.05) is 12.4 Å². The number of hydrogen-bond acceptors (Lipinski definition) is 5. The van der Waals surface area contributed by atoms with Crippen LogP contribution in [0.2, 0.25) is 0 Å². The van der Waals surface area contributed by atoms with Crippen LogP contribution in [-0.2, 0) is 6.54 Å². The number of nitrogens with zero attached hydrogens (tertiary/aromatic N) is 3. The lowest BCUT2D eigenvalue weighted by Crippen LogP contribution is -2.26. The molecule has 1 heterocycles. The zero-order valence-electron chi connectivity index (χ0n) is 20.1. The van der Waals surface area contributed by atoms with Crippen LogP contribution in [-0.4, -0.2) is 38.9 Å². The summed E-state index contributed by atoms with van der Waals surface area (Å²) in [7, 11) is 1.78. The van der Waals surface area contributed by atoms with Crippen molar-refractivity contribution in [3.05, 3.63) is 120 Å². The molecule has 0 saturated carbocycles. The fourth-order valence-corrected chi connectivity index (χ4v) is 4.19. The number of carboxylic acids is 1. The molecule has 0 bridgehead atoms. The first kappa shape index (κ1) is 23.7. The van der Waals surface area contributed by atoms with E-state index in [1.165, 1.54) is 0 Å². The fourth-order valence-electron chi connectivity index (χ4n) is 4.19. The Balaban J connectivity index is 1.29. The van der Waals surface area contributed by atoms with E-state index in [0.29, 0.717) is 23.3 Å². The standard InChI is InChI=1S/C30H24N4O3/c1-34(29(35)23-11-14-27-28(18-23)32-16-15-31-27)19-20-5-4-6-22(17-20)21-9-12-24(13-10-21)33-26-8-3-2-7-25(26)30(36)37/h2-18,33H,19H2,1H3,(H,36,37). The van der Waals surface area contributed by atoms with Gasteiger partial charge in [0.25, 0.3) is 5.91 Å². The molecular formula is C30H24N4O3. The minimum Gasteiger partial charge on any atom is -0.478 e. The summed E-state index contributed by atoms with van der Waals surface area (Å²) in [5, 5.41) is 12.6. The number of fused-ring (bicyclic) bond motifs is 1. The van der Waals surface area contributed by atoms with Gasteiger partial charge in [-0.25, -0.2) is 4.79 Å².